The smallest absolute Gasteiger partial charge is 0.259 e. The third-order valence-electron chi connectivity index (χ3n) is 5.70. The summed E-state index contributed by atoms with van der Waals surface area (Å²) in [5.74, 6) is 0.659. The van der Waals surface area contributed by atoms with Gasteiger partial charge in [0.25, 0.3) is 11.5 Å². The number of amides is 1. The summed E-state index contributed by atoms with van der Waals surface area (Å²) in [6.45, 7) is 2.10. The number of thiophene rings is 1. The second-order valence-corrected chi connectivity index (χ2v) is 8.39. The molecule has 0 aliphatic carbocycles. The van der Waals surface area contributed by atoms with Gasteiger partial charge in [-0.15, -0.1) is 11.3 Å². The number of benzene rings is 1. The van der Waals surface area contributed by atoms with Crippen molar-refractivity contribution in [3.63, 3.8) is 0 Å². The standard InChI is InChI=1S/C22H20N2O2S/c25-21(16-5-2-1-3-6-16)23-12-15-11-17(14-23)19-9-8-18(20-7-4-10-27-20)22(26)24(19)13-15/h1-10,15,17H,11-14H2/t15-,17+/m0/s1. The summed E-state index contributed by atoms with van der Waals surface area (Å²) in [5, 5.41) is 2.00. The van der Waals surface area contributed by atoms with Crippen LogP contribution in [0.2, 0.25) is 0 Å². The number of carbonyl (C=O) groups is 1. The van der Waals surface area contributed by atoms with Crippen molar-refractivity contribution in [3.8, 4) is 10.4 Å². The number of pyridine rings is 1. The van der Waals surface area contributed by atoms with E-state index in [1.807, 2.05) is 63.4 Å². The molecule has 0 spiro atoms. The first-order chi connectivity index (χ1) is 13.2. The Morgan fingerprint density at radius 1 is 0.963 bits per heavy atom. The average molecular weight is 376 g/mol. The van der Waals surface area contributed by atoms with Gasteiger partial charge >= 0.3 is 0 Å². The fourth-order valence-electron chi connectivity index (χ4n) is 4.49. The minimum Gasteiger partial charge on any atom is -0.338 e. The van der Waals surface area contributed by atoms with E-state index in [2.05, 4.69) is 6.07 Å². The fourth-order valence-corrected chi connectivity index (χ4v) is 5.24. The minimum atomic E-state index is 0.0938. The third-order valence-corrected chi connectivity index (χ3v) is 6.60. The molecule has 4 nitrogen and oxygen atoms in total. The monoisotopic (exact) mass is 376 g/mol. The van der Waals surface area contributed by atoms with Gasteiger partial charge in [0.1, 0.15) is 0 Å². The molecule has 5 rings (SSSR count). The molecule has 0 N–H and O–H groups in total. The number of likely N-dealkylation sites (tertiary alicyclic amines) is 1. The Kier molecular flexibility index (Phi) is 3.97. The van der Waals surface area contributed by atoms with Crippen LogP contribution in [0.5, 0.6) is 0 Å². The van der Waals surface area contributed by atoms with Crippen LogP contribution in [0.15, 0.2) is 64.8 Å². The van der Waals surface area contributed by atoms with Crippen LogP contribution in [-0.2, 0) is 6.54 Å². The molecule has 1 saturated heterocycles. The van der Waals surface area contributed by atoms with Crippen LogP contribution < -0.4 is 5.56 Å². The first kappa shape index (κ1) is 16.5. The Bertz CT molecular complexity index is 1040. The summed E-state index contributed by atoms with van der Waals surface area (Å²) >= 11 is 1.60. The Hall–Kier alpha value is -2.66. The van der Waals surface area contributed by atoms with Crippen molar-refractivity contribution < 1.29 is 4.79 Å². The summed E-state index contributed by atoms with van der Waals surface area (Å²) in [6, 6.07) is 17.5. The molecule has 3 aromatic rings. The summed E-state index contributed by atoms with van der Waals surface area (Å²) in [5.41, 5.74) is 2.70. The zero-order valence-corrected chi connectivity index (χ0v) is 15.7. The predicted octanol–water partition coefficient (Wildman–Crippen LogP) is 3.84. The number of piperidine rings is 1. The fraction of sp³-hybridized carbons (Fsp3) is 0.273. The maximum Gasteiger partial charge on any atom is 0.259 e. The van der Waals surface area contributed by atoms with Crippen LogP contribution in [0, 0.1) is 5.92 Å². The maximum absolute atomic E-state index is 13.1. The van der Waals surface area contributed by atoms with Crippen LogP contribution in [-0.4, -0.2) is 28.5 Å². The van der Waals surface area contributed by atoms with E-state index in [4.69, 9.17) is 0 Å². The molecule has 0 radical (unpaired) electrons. The largest absolute Gasteiger partial charge is 0.338 e. The average Bonchev–Trinajstić information content (AvgIpc) is 3.23. The van der Waals surface area contributed by atoms with E-state index in [-0.39, 0.29) is 17.4 Å². The Morgan fingerprint density at radius 2 is 1.81 bits per heavy atom. The van der Waals surface area contributed by atoms with Crippen molar-refractivity contribution in [2.24, 2.45) is 5.92 Å². The summed E-state index contributed by atoms with van der Waals surface area (Å²) in [6.07, 6.45) is 1.05. The molecular formula is C22H20N2O2S. The molecule has 1 amide bonds. The summed E-state index contributed by atoms with van der Waals surface area (Å²) in [4.78, 5) is 28.9. The van der Waals surface area contributed by atoms with Crippen LogP contribution in [0.1, 0.15) is 28.4 Å². The van der Waals surface area contributed by atoms with Crippen LogP contribution in [0.25, 0.3) is 10.4 Å². The van der Waals surface area contributed by atoms with Crippen molar-refractivity contribution in [1.82, 2.24) is 9.47 Å². The van der Waals surface area contributed by atoms with Gasteiger partial charge < -0.3 is 9.47 Å². The first-order valence-corrected chi connectivity index (χ1v) is 10.2. The lowest BCUT2D eigenvalue weighted by molar-refractivity contribution is 0.0594. The Labute approximate surface area is 161 Å². The molecule has 0 saturated carbocycles. The highest BCUT2D eigenvalue weighted by Gasteiger charge is 2.36. The van der Waals surface area contributed by atoms with Gasteiger partial charge in [-0.05, 0) is 48.1 Å². The van der Waals surface area contributed by atoms with Crippen molar-refractivity contribution >= 4 is 17.2 Å². The normalized spacial score (nSPS) is 21.0. The molecular weight excluding hydrogens is 356 g/mol. The molecule has 2 atom stereocenters. The van der Waals surface area contributed by atoms with Crippen molar-refractivity contribution in [1.29, 1.82) is 0 Å². The summed E-state index contributed by atoms with van der Waals surface area (Å²) in [7, 11) is 0. The zero-order chi connectivity index (χ0) is 18.4. The lowest BCUT2D eigenvalue weighted by atomic mass is 9.82. The van der Waals surface area contributed by atoms with Gasteiger partial charge in [0.2, 0.25) is 0 Å². The van der Waals surface area contributed by atoms with Gasteiger partial charge in [0, 0.05) is 41.7 Å². The van der Waals surface area contributed by atoms with Gasteiger partial charge in [-0.3, -0.25) is 9.59 Å². The maximum atomic E-state index is 13.1. The molecule has 4 heterocycles. The zero-order valence-electron chi connectivity index (χ0n) is 14.9. The van der Waals surface area contributed by atoms with Gasteiger partial charge in [-0.1, -0.05) is 24.3 Å². The van der Waals surface area contributed by atoms with E-state index in [0.29, 0.717) is 19.0 Å². The molecule has 27 heavy (non-hydrogen) atoms. The number of nitrogens with zero attached hydrogens (tertiary/aromatic N) is 2. The van der Waals surface area contributed by atoms with E-state index in [0.717, 1.165) is 34.7 Å². The molecule has 2 aromatic heterocycles. The number of rotatable bonds is 2. The second-order valence-electron chi connectivity index (χ2n) is 7.44. The SMILES string of the molecule is O=C(c1ccccc1)N1C[C@@H]2C[C@H](C1)c1ccc(-c3cccs3)c(=O)n1C2. The number of hydrogen-bond donors (Lipinski definition) is 0. The van der Waals surface area contributed by atoms with E-state index in [1.54, 1.807) is 11.3 Å². The van der Waals surface area contributed by atoms with Crippen molar-refractivity contribution in [2.45, 2.75) is 18.9 Å². The first-order valence-electron chi connectivity index (χ1n) is 9.32. The van der Waals surface area contributed by atoms with Gasteiger partial charge in [0.15, 0.2) is 0 Å². The molecule has 1 aromatic carbocycles. The van der Waals surface area contributed by atoms with Gasteiger partial charge in [-0.25, -0.2) is 0 Å². The number of hydrogen-bond acceptors (Lipinski definition) is 3. The van der Waals surface area contributed by atoms with Crippen molar-refractivity contribution in [3.05, 3.63) is 81.6 Å². The highest BCUT2D eigenvalue weighted by molar-refractivity contribution is 7.13. The highest BCUT2D eigenvalue weighted by atomic mass is 32.1. The van der Waals surface area contributed by atoms with E-state index < -0.39 is 0 Å². The quantitative estimate of drug-likeness (QED) is 0.682. The molecule has 0 unspecified atom stereocenters. The Morgan fingerprint density at radius 3 is 2.59 bits per heavy atom. The van der Waals surface area contributed by atoms with Gasteiger partial charge in [0.05, 0.1) is 5.56 Å². The molecule has 1 fully saturated rings. The van der Waals surface area contributed by atoms with E-state index in [1.165, 1.54) is 0 Å². The van der Waals surface area contributed by atoms with Crippen molar-refractivity contribution in [2.75, 3.05) is 13.1 Å². The lowest BCUT2D eigenvalue weighted by Crippen LogP contribution is -2.49. The number of carbonyl (C=O) groups excluding carboxylic acids is 1. The minimum absolute atomic E-state index is 0.0938. The van der Waals surface area contributed by atoms with Crippen LogP contribution >= 0.6 is 11.3 Å². The number of fused-ring (bicyclic) bond motifs is 4. The molecule has 2 aliphatic heterocycles. The lowest BCUT2D eigenvalue weighted by Gasteiger charge is -2.43. The highest BCUT2D eigenvalue weighted by Crippen LogP contribution is 2.36. The molecule has 2 aliphatic rings. The topological polar surface area (TPSA) is 42.3 Å². The molecule has 136 valence electrons. The molecule has 2 bridgehead atoms. The van der Waals surface area contributed by atoms with E-state index in [9.17, 15) is 9.59 Å². The summed E-state index contributed by atoms with van der Waals surface area (Å²) < 4.78 is 1.96. The number of aromatic nitrogens is 1. The third kappa shape index (κ3) is 2.82. The molecule has 5 heteroatoms. The van der Waals surface area contributed by atoms with Crippen LogP contribution in [0.3, 0.4) is 0 Å². The Balaban J connectivity index is 1.47. The predicted molar refractivity (Wildman–Crippen MR) is 107 cm³/mol. The second kappa shape index (κ2) is 6.50. The van der Waals surface area contributed by atoms with Crippen LogP contribution in [0.4, 0.5) is 0 Å². The van der Waals surface area contributed by atoms with E-state index >= 15 is 0 Å². The van der Waals surface area contributed by atoms with Gasteiger partial charge in [-0.2, -0.15) is 0 Å².